The van der Waals surface area contributed by atoms with Crippen molar-refractivity contribution >= 4 is 17.4 Å². The highest BCUT2D eigenvalue weighted by atomic mass is 19.4. The topological polar surface area (TPSA) is 77.2 Å². The quantitative estimate of drug-likeness (QED) is 0.375. The second-order valence-electron chi connectivity index (χ2n) is 10.1. The molecule has 12 heteroatoms. The third-order valence-corrected chi connectivity index (χ3v) is 6.99. The average molecular weight is 571 g/mol. The van der Waals surface area contributed by atoms with Crippen LogP contribution in [0.3, 0.4) is 0 Å². The fourth-order valence-corrected chi connectivity index (χ4v) is 4.65. The van der Waals surface area contributed by atoms with Crippen molar-refractivity contribution in [2.24, 2.45) is 4.99 Å². The van der Waals surface area contributed by atoms with Gasteiger partial charge in [0.05, 0.1) is 25.5 Å². The fourth-order valence-electron chi connectivity index (χ4n) is 4.65. The number of morpholine rings is 1. The lowest BCUT2D eigenvalue weighted by molar-refractivity contribution is -0.274. The van der Waals surface area contributed by atoms with Gasteiger partial charge in [-0.15, -0.1) is 13.2 Å². The maximum absolute atomic E-state index is 12.5. The summed E-state index contributed by atoms with van der Waals surface area (Å²) in [6.45, 7) is 10.0. The fraction of sp³-hybridized carbons (Fsp3) is 0.414. The van der Waals surface area contributed by atoms with Crippen LogP contribution in [0.2, 0.25) is 0 Å². The summed E-state index contributed by atoms with van der Waals surface area (Å²) in [6.07, 6.45) is -2.87. The molecule has 0 unspecified atom stereocenters. The van der Waals surface area contributed by atoms with E-state index in [1.807, 2.05) is 43.9 Å². The zero-order chi connectivity index (χ0) is 29.0. The van der Waals surface area contributed by atoms with E-state index in [9.17, 15) is 13.2 Å². The third-order valence-electron chi connectivity index (χ3n) is 6.99. The van der Waals surface area contributed by atoms with E-state index >= 15 is 0 Å². The molecule has 1 aromatic carbocycles. The van der Waals surface area contributed by atoms with Crippen LogP contribution in [0, 0.1) is 6.92 Å². The van der Waals surface area contributed by atoms with Gasteiger partial charge in [0.25, 0.3) is 0 Å². The Morgan fingerprint density at radius 2 is 1.80 bits per heavy atom. The van der Waals surface area contributed by atoms with E-state index in [1.165, 1.54) is 12.1 Å². The first-order valence-corrected chi connectivity index (χ1v) is 13.4. The summed E-state index contributed by atoms with van der Waals surface area (Å²) in [5, 5.41) is 4.71. The third kappa shape index (κ3) is 7.44. The Morgan fingerprint density at radius 3 is 2.49 bits per heavy atom. The van der Waals surface area contributed by atoms with Gasteiger partial charge in [0.15, 0.2) is 0 Å². The lowest BCUT2D eigenvalue weighted by Crippen LogP contribution is -2.40. The molecule has 2 aromatic heterocycles. The predicted molar refractivity (Wildman–Crippen MR) is 149 cm³/mol. The number of benzene rings is 1. The number of aliphatic imine (C=N–C) groups is 1. The Kier molecular flexibility index (Phi) is 8.60. The van der Waals surface area contributed by atoms with Crippen molar-refractivity contribution in [3.63, 3.8) is 0 Å². The van der Waals surface area contributed by atoms with E-state index < -0.39 is 6.36 Å². The molecule has 41 heavy (non-hydrogen) atoms. The first-order chi connectivity index (χ1) is 19.6. The minimum atomic E-state index is -4.74. The van der Waals surface area contributed by atoms with Crippen molar-refractivity contribution in [1.29, 1.82) is 0 Å². The van der Waals surface area contributed by atoms with Crippen molar-refractivity contribution in [2.45, 2.75) is 26.8 Å². The maximum atomic E-state index is 12.5. The van der Waals surface area contributed by atoms with Crippen LogP contribution in [0.1, 0.15) is 29.4 Å². The molecule has 0 bridgehead atoms. The normalized spacial score (nSPS) is 16.4. The second kappa shape index (κ2) is 12.3. The van der Waals surface area contributed by atoms with Crippen molar-refractivity contribution in [3.8, 4) is 5.75 Å². The lowest BCUT2D eigenvalue weighted by atomic mass is 10.1. The summed E-state index contributed by atoms with van der Waals surface area (Å²) in [5.41, 5.74) is 4.67. The standard InChI is InChI=1S/C29H33F3N6O3/c1-20-19-40-28(34-27(20)23-5-7-24(8-6-23)41-29(30,31)32)25-16-21(2)38(35-25)18-22-4-9-26(33-17-22)36(3)10-11-37-12-14-39-15-13-37/h4-9,16-17H,10-15,18-19H2,1-3H3. The molecular formula is C29H33F3N6O3. The maximum Gasteiger partial charge on any atom is 0.573 e. The molecule has 9 nitrogen and oxygen atoms in total. The number of ether oxygens (including phenoxy) is 3. The van der Waals surface area contributed by atoms with Gasteiger partial charge in [0.2, 0.25) is 5.90 Å². The van der Waals surface area contributed by atoms with Gasteiger partial charge < -0.3 is 19.1 Å². The zero-order valence-electron chi connectivity index (χ0n) is 23.3. The number of aromatic nitrogens is 3. The number of anilines is 1. The molecule has 3 aromatic rings. The monoisotopic (exact) mass is 570 g/mol. The van der Waals surface area contributed by atoms with Gasteiger partial charge in [0.1, 0.15) is 23.9 Å². The summed E-state index contributed by atoms with van der Waals surface area (Å²) in [4.78, 5) is 13.9. The Labute approximate surface area is 236 Å². The number of pyridine rings is 1. The summed E-state index contributed by atoms with van der Waals surface area (Å²) < 4.78 is 54.7. The molecule has 0 saturated carbocycles. The van der Waals surface area contributed by atoms with Crippen LogP contribution in [-0.2, 0) is 16.0 Å². The van der Waals surface area contributed by atoms with Crippen LogP contribution in [0.4, 0.5) is 19.0 Å². The molecule has 4 heterocycles. The van der Waals surface area contributed by atoms with E-state index in [4.69, 9.17) is 14.6 Å². The number of hydrogen-bond donors (Lipinski definition) is 0. The molecule has 2 aliphatic heterocycles. The Bertz CT molecular complexity index is 1390. The van der Waals surface area contributed by atoms with E-state index in [-0.39, 0.29) is 5.75 Å². The first kappa shape index (κ1) is 28.6. The molecule has 0 spiro atoms. The predicted octanol–water partition coefficient (Wildman–Crippen LogP) is 4.51. The summed E-state index contributed by atoms with van der Waals surface area (Å²) in [6, 6.07) is 11.6. The van der Waals surface area contributed by atoms with Crippen LogP contribution < -0.4 is 9.64 Å². The van der Waals surface area contributed by atoms with Crippen LogP contribution in [0.15, 0.2) is 59.2 Å². The second-order valence-corrected chi connectivity index (χ2v) is 10.1. The SMILES string of the molecule is CC1=C(c2ccc(OC(F)(F)F)cc2)N=C(c2cc(C)n(Cc3ccc(N(C)CCN4CCOCC4)nc3)n2)OC1. The lowest BCUT2D eigenvalue weighted by Gasteiger charge is -2.28. The van der Waals surface area contributed by atoms with Gasteiger partial charge in [-0.3, -0.25) is 9.58 Å². The van der Waals surface area contributed by atoms with Gasteiger partial charge in [-0.25, -0.2) is 9.98 Å². The van der Waals surface area contributed by atoms with Crippen molar-refractivity contribution < 1.29 is 27.4 Å². The summed E-state index contributed by atoms with van der Waals surface area (Å²) in [7, 11) is 2.05. The molecule has 0 amide bonds. The molecule has 218 valence electrons. The molecule has 1 saturated heterocycles. The number of alkyl halides is 3. The molecule has 0 N–H and O–H groups in total. The van der Waals surface area contributed by atoms with Crippen LogP contribution >= 0.6 is 0 Å². The molecule has 0 radical (unpaired) electrons. The van der Waals surface area contributed by atoms with Gasteiger partial charge >= 0.3 is 6.36 Å². The molecular weight excluding hydrogens is 537 g/mol. The Morgan fingerprint density at radius 1 is 1.05 bits per heavy atom. The highest BCUT2D eigenvalue weighted by Gasteiger charge is 2.31. The number of aryl methyl sites for hydroxylation is 1. The number of rotatable bonds is 9. The Balaban J connectivity index is 1.24. The summed E-state index contributed by atoms with van der Waals surface area (Å²) in [5.74, 6) is 0.989. The van der Waals surface area contributed by atoms with E-state index in [1.54, 1.807) is 12.1 Å². The van der Waals surface area contributed by atoms with Gasteiger partial charge in [-0.2, -0.15) is 5.10 Å². The van der Waals surface area contributed by atoms with E-state index in [2.05, 4.69) is 30.6 Å². The number of halogens is 3. The van der Waals surface area contributed by atoms with Gasteiger partial charge in [0, 0.05) is 50.7 Å². The molecule has 0 aliphatic carbocycles. The smallest absolute Gasteiger partial charge is 0.471 e. The van der Waals surface area contributed by atoms with Crippen molar-refractivity contribution in [1.82, 2.24) is 19.7 Å². The molecule has 5 rings (SSSR count). The number of hydrogen-bond acceptors (Lipinski definition) is 8. The molecule has 1 fully saturated rings. The minimum absolute atomic E-state index is 0.285. The average Bonchev–Trinajstić information content (AvgIpc) is 3.32. The zero-order valence-corrected chi connectivity index (χ0v) is 23.3. The van der Waals surface area contributed by atoms with Crippen LogP contribution in [-0.4, -0.2) is 85.0 Å². The molecule has 0 atom stereocenters. The van der Waals surface area contributed by atoms with E-state index in [0.29, 0.717) is 36.0 Å². The van der Waals surface area contributed by atoms with Gasteiger partial charge in [-0.05, 0) is 61.4 Å². The Hall–Kier alpha value is -3.90. The van der Waals surface area contributed by atoms with E-state index in [0.717, 1.165) is 62.0 Å². The summed E-state index contributed by atoms with van der Waals surface area (Å²) >= 11 is 0. The molecule has 2 aliphatic rings. The number of likely N-dealkylation sites (N-methyl/N-ethyl adjacent to an activating group) is 1. The largest absolute Gasteiger partial charge is 0.573 e. The van der Waals surface area contributed by atoms with Crippen LogP contribution in [0.25, 0.3) is 5.70 Å². The highest BCUT2D eigenvalue weighted by molar-refractivity contribution is 5.97. The van der Waals surface area contributed by atoms with Gasteiger partial charge in [-0.1, -0.05) is 6.07 Å². The highest BCUT2D eigenvalue weighted by Crippen LogP contribution is 2.29. The van der Waals surface area contributed by atoms with Crippen molar-refractivity contribution in [3.05, 3.63) is 76.7 Å². The van der Waals surface area contributed by atoms with Crippen LogP contribution in [0.5, 0.6) is 5.75 Å². The number of nitrogens with zero attached hydrogens (tertiary/aromatic N) is 6. The minimum Gasteiger partial charge on any atom is -0.471 e. The first-order valence-electron chi connectivity index (χ1n) is 13.4. The van der Waals surface area contributed by atoms with Crippen molar-refractivity contribution in [2.75, 3.05) is 57.9 Å².